The highest BCUT2D eigenvalue weighted by atomic mass is 16.7. The van der Waals surface area contributed by atoms with Gasteiger partial charge in [-0.3, -0.25) is 14.4 Å². The molecule has 0 rings (SSSR count). The highest BCUT2D eigenvalue weighted by Crippen LogP contribution is 2.15. The van der Waals surface area contributed by atoms with Gasteiger partial charge in [0.1, 0.15) is 0 Å². The summed E-state index contributed by atoms with van der Waals surface area (Å²) >= 11 is 0. The Bertz CT molecular complexity index is 1180. The molecule has 0 saturated carbocycles. The molecule has 0 fully saturated rings. The minimum atomic E-state index is -0.474. The highest BCUT2D eigenvalue weighted by Gasteiger charge is 2.23. The highest BCUT2D eigenvalue weighted by molar-refractivity contribution is 5.76. The van der Waals surface area contributed by atoms with Gasteiger partial charge in [-0.1, -0.05) is 141 Å². The Morgan fingerprint density at radius 2 is 0.938 bits per heavy atom. The first kappa shape index (κ1) is 62.2. The second-order valence-electron chi connectivity index (χ2n) is 18.2. The zero-order valence-corrected chi connectivity index (χ0v) is 43.2. The number of unbranched alkanes of at least 4 members (excludes halogenated alkanes) is 17. The van der Waals surface area contributed by atoms with Crippen LogP contribution >= 0.6 is 0 Å². The molecule has 1 unspecified atom stereocenters. The molecule has 9 heteroatoms. The third-order valence-corrected chi connectivity index (χ3v) is 11.4. The summed E-state index contributed by atoms with van der Waals surface area (Å²) in [5.74, 6) is -0.778. The smallest absolute Gasteiger partial charge is 0.305 e. The molecule has 0 aromatic carbocycles. The monoisotopic (exact) mass is 915 g/mol. The fraction of sp³-hybridized carbons (Fsp3) is 0.804. The van der Waals surface area contributed by atoms with Crippen molar-refractivity contribution in [3.63, 3.8) is 0 Å². The van der Waals surface area contributed by atoms with E-state index in [2.05, 4.69) is 81.2 Å². The van der Waals surface area contributed by atoms with Crippen molar-refractivity contribution < 1.29 is 33.3 Å². The van der Waals surface area contributed by atoms with E-state index < -0.39 is 6.29 Å². The van der Waals surface area contributed by atoms with Crippen molar-refractivity contribution in [1.82, 2.24) is 9.80 Å². The molecule has 0 aromatic heterocycles. The summed E-state index contributed by atoms with van der Waals surface area (Å²) in [5.41, 5.74) is 0. The van der Waals surface area contributed by atoms with Gasteiger partial charge in [-0.25, -0.2) is 0 Å². The minimum absolute atomic E-state index is 0.0766. The largest absolute Gasteiger partial charge is 0.465 e. The Hall–Kier alpha value is -2.75. The molecule has 0 aliphatic heterocycles. The number of hydrogen-bond acceptors (Lipinski definition) is 8. The number of rotatable bonds is 48. The summed E-state index contributed by atoms with van der Waals surface area (Å²) in [7, 11) is 4.08. The van der Waals surface area contributed by atoms with Crippen LogP contribution in [-0.2, 0) is 33.3 Å². The van der Waals surface area contributed by atoms with Crippen LogP contribution in [0, 0.1) is 5.92 Å². The van der Waals surface area contributed by atoms with E-state index >= 15 is 0 Å². The van der Waals surface area contributed by atoms with Crippen molar-refractivity contribution in [3.05, 3.63) is 48.6 Å². The average Bonchev–Trinajstić information content (AvgIpc) is 3.29. The first-order valence-corrected chi connectivity index (χ1v) is 26.8. The molecule has 1 atom stereocenters. The number of nitrogens with zero attached hydrogens (tertiary/aromatic N) is 2. The zero-order chi connectivity index (χ0) is 47.7. The van der Waals surface area contributed by atoms with Crippen LogP contribution in [0.3, 0.4) is 0 Å². The number of ether oxygens (including phenoxy) is 4. The fourth-order valence-electron chi connectivity index (χ4n) is 7.40. The van der Waals surface area contributed by atoms with E-state index in [1.54, 1.807) is 0 Å². The van der Waals surface area contributed by atoms with Crippen LogP contribution in [0.15, 0.2) is 48.6 Å². The van der Waals surface area contributed by atoms with Gasteiger partial charge < -0.3 is 28.7 Å². The Labute approximate surface area is 401 Å². The molecule has 0 N–H and O–H groups in total. The van der Waals surface area contributed by atoms with Crippen LogP contribution in [-0.4, -0.2) is 94.1 Å². The van der Waals surface area contributed by atoms with Crippen LogP contribution in [0.4, 0.5) is 0 Å². The van der Waals surface area contributed by atoms with Gasteiger partial charge in [0.2, 0.25) is 5.91 Å². The first-order valence-electron chi connectivity index (χ1n) is 26.8. The molecule has 0 aromatic rings. The molecule has 9 nitrogen and oxygen atoms in total. The van der Waals surface area contributed by atoms with Gasteiger partial charge in [0.05, 0.1) is 19.6 Å². The lowest BCUT2D eigenvalue weighted by molar-refractivity contribution is -0.161. The number of carbonyl (C=O) groups excluding carboxylic acids is 3. The Morgan fingerprint density at radius 1 is 0.477 bits per heavy atom. The SMILES string of the molecule is CC/C=C\CCCCOC(CCC(=O)OCC(COC(=O)CCCCCCC/C=C\C/C=C\CCCCC)CN(CCCN(C)C)C(=O)CCCCCCCC)OCCCC/C=C\CC. The van der Waals surface area contributed by atoms with Gasteiger partial charge in [-0.05, 0) is 123 Å². The van der Waals surface area contributed by atoms with E-state index in [9.17, 15) is 14.4 Å². The summed E-state index contributed by atoms with van der Waals surface area (Å²) < 4.78 is 24.0. The lowest BCUT2D eigenvalue weighted by Gasteiger charge is -2.28. The molecule has 0 aliphatic carbocycles. The third kappa shape index (κ3) is 44.8. The quantitative estimate of drug-likeness (QED) is 0.0258. The molecule has 0 radical (unpaired) electrons. The molecular formula is C56H102N2O7. The van der Waals surface area contributed by atoms with E-state index in [1.807, 2.05) is 19.0 Å². The number of esters is 2. The second kappa shape index (κ2) is 49.2. The van der Waals surface area contributed by atoms with Crippen molar-refractivity contribution in [1.29, 1.82) is 0 Å². The average molecular weight is 915 g/mol. The van der Waals surface area contributed by atoms with Crippen LogP contribution in [0.25, 0.3) is 0 Å². The fourth-order valence-corrected chi connectivity index (χ4v) is 7.40. The van der Waals surface area contributed by atoms with E-state index in [0.29, 0.717) is 45.6 Å². The maximum absolute atomic E-state index is 13.7. The number of amides is 1. The number of allylic oxidation sites excluding steroid dienone is 8. The van der Waals surface area contributed by atoms with Crippen molar-refractivity contribution in [3.8, 4) is 0 Å². The minimum Gasteiger partial charge on any atom is -0.465 e. The third-order valence-electron chi connectivity index (χ3n) is 11.4. The first-order chi connectivity index (χ1) is 31.8. The van der Waals surface area contributed by atoms with Crippen molar-refractivity contribution >= 4 is 17.8 Å². The summed E-state index contributed by atoms with van der Waals surface area (Å²) in [6.07, 6.45) is 46.9. The number of carbonyl (C=O) groups is 3. The maximum Gasteiger partial charge on any atom is 0.305 e. The Kier molecular flexibility index (Phi) is 47.1. The van der Waals surface area contributed by atoms with Crippen LogP contribution in [0.2, 0.25) is 0 Å². The molecule has 0 aliphatic rings. The van der Waals surface area contributed by atoms with Gasteiger partial charge in [0.15, 0.2) is 6.29 Å². The van der Waals surface area contributed by atoms with Crippen LogP contribution in [0.5, 0.6) is 0 Å². The lowest BCUT2D eigenvalue weighted by Crippen LogP contribution is -2.40. The Balaban J connectivity index is 5.36. The topological polar surface area (TPSA) is 94.6 Å². The van der Waals surface area contributed by atoms with E-state index in [-0.39, 0.29) is 43.4 Å². The molecule has 0 saturated heterocycles. The van der Waals surface area contributed by atoms with Crippen molar-refractivity contribution in [2.75, 3.05) is 60.2 Å². The molecule has 1 amide bonds. The number of hydrogen-bond donors (Lipinski definition) is 0. The van der Waals surface area contributed by atoms with Crippen LogP contribution < -0.4 is 0 Å². The van der Waals surface area contributed by atoms with E-state index in [4.69, 9.17) is 18.9 Å². The summed E-state index contributed by atoms with van der Waals surface area (Å²) in [5, 5.41) is 0. The molecule has 378 valence electrons. The second-order valence-corrected chi connectivity index (χ2v) is 18.2. The summed E-state index contributed by atoms with van der Waals surface area (Å²) in [6, 6.07) is 0. The standard InChI is InChI=1S/C56H102N2O7/c1-7-11-15-19-23-24-25-26-27-28-29-30-31-33-37-42-54(60)64-50-52(49-58(46-40-45-57(5)6)53(59)41-36-32-20-16-12-8-2)51-65-55(61)43-44-56(62-47-38-34-21-17-13-9-3)63-48-39-35-22-18-14-10-4/h13-14,17-18,23-24,26-27,52,56H,7-12,15-16,19-22,25,28-51H2,1-6H3/b17-13-,18-14-,24-23-,27-26-. The summed E-state index contributed by atoms with van der Waals surface area (Å²) in [6.45, 7) is 11.9. The molecular weight excluding hydrogens is 813 g/mol. The van der Waals surface area contributed by atoms with Gasteiger partial charge >= 0.3 is 11.9 Å². The van der Waals surface area contributed by atoms with E-state index in [1.165, 1.54) is 51.4 Å². The lowest BCUT2D eigenvalue weighted by atomic mass is 10.1. The van der Waals surface area contributed by atoms with Crippen LogP contribution in [0.1, 0.15) is 220 Å². The molecule has 0 spiro atoms. The van der Waals surface area contributed by atoms with Gasteiger partial charge in [-0.15, -0.1) is 0 Å². The van der Waals surface area contributed by atoms with Crippen molar-refractivity contribution in [2.24, 2.45) is 5.92 Å². The Morgan fingerprint density at radius 3 is 1.49 bits per heavy atom. The normalized spacial score (nSPS) is 12.6. The summed E-state index contributed by atoms with van der Waals surface area (Å²) in [4.78, 5) is 44.0. The van der Waals surface area contributed by atoms with Crippen molar-refractivity contribution in [2.45, 2.75) is 227 Å². The van der Waals surface area contributed by atoms with Gasteiger partial charge in [0.25, 0.3) is 0 Å². The van der Waals surface area contributed by atoms with Gasteiger partial charge in [0, 0.05) is 51.5 Å². The maximum atomic E-state index is 13.7. The zero-order valence-electron chi connectivity index (χ0n) is 43.2. The predicted octanol–water partition coefficient (Wildman–Crippen LogP) is 14.4. The van der Waals surface area contributed by atoms with Gasteiger partial charge in [-0.2, -0.15) is 0 Å². The van der Waals surface area contributed by atoms with E-state index in [0.717, 1.165) is 122 Å². The molecule has 65 heavy (non-hydrogen) atoms. The molecule has 0 bridgehead atoms. The molecule has 0 heterocycles. The predicted molar refractivity (Wildman–Crippen MR) is 274 cm³/mol.